The lowest BCUT2D eigenvalue weighted by molar-refractivity contribution is -0.0292. The molecule has 0 saturated carbocycles. The third-order valence-electron chi connectivity index (χ3n) is 5.85. The van der Waals surface area contributed by atoms with E-state index in [-0.39, 0.29) is 22.9 Å². The molecule has 2 saturated heterocycles. The number of piperidine rings is 1. The van der Waals surface area contributed by atoms with Gasteiger partial charge in [0.25, 0.3) is 0 Å². The molecule has 6 nitrogen and oxygen atoms in total. The minimum Gasteiger partial charge on any atom is -0.598 e. The van der Waals surface area contributed by atoms with Crippen molar-refractivity contribution in [3.63, 3.8) is 0 Å². The number of hydrogen-bond acceptors (Lipinski definition) is 4. The van der Waals surface area contributed by atoms with Crippen molar-refractivity contribution in [1.29, 1.82) is 0 Å². The Morgan fingerprint density at radius 3 is 2.50 bits per heavy atom. The fourth-order valence-corrected chi connectivity index (χ4v) is 5.61. The maximum absolute atomic E-state index is 12.8. The minimum atomic E-state index is -1.24. The molecule has 2 fully saturated rings. The summed E-state index contributed by atoms with van der Waals surface area (Å²) in [5.41, 5.74) is 0.482. The molecule has 4 rings (SSSR count). The highest BCUT2D eigenvalue weighted by Gasteiger charge is 2.59. The standard InChI is InChI=1S/C19H26N2O4S/c1-18(2,3)26(24)20-16-14-6-4-5-7-15(14)25-19(16)10-12-8-9-13(11-19)21(12)17(22)23/h4-7,12-13,16,20H,8-11H2,1-3H3,(H,22,23)/t12-,13+,16-,19+,26?/m1/s1. The number of fused-ring (bicyclic) bond motifs is 3. The monoisotopic (exact) mass is 378 g/mol. The van der Waals surface area contributed by atoms with Gasteiger partial charge in [0, 0.05) is 41.9 Å². The lowest BCUT2D eigenvalue weighted by Gasteiger charge is -2.45. The highest BCUT2D eigenvalue weighted by Crippen LogP contribution is 2.54. The molecule has 26 heavy (non-hydrogen) atoms. The van der Waals surface area contributed by atoms with Gasteiger partial charge in [-0.3, -0.25) is 0 Å². The van der Waals surface area contributed by atoms with Gasteiger partial charge in [-0.1, -0.05) is 18.2 Å². The number of nitrogens with one attached hydrogen (secondary N) is 1. The van der Waals surface area contributed by atoms with Gasteiger partial charge < -0.3 is 19.3 Å². The Morgan fingerprint density at radius 2 is 1.92 bits per heavy atom. The minimum absolute atomic E-state index is 0.0343. The van der Waals surface area contributed by atoms with E-state index in [9.17, 15) is 14.5 Å². The van der Waals surface area contributed by atoms with Crippen molar-refractivity contribution in [3.8, 4) is 5.75 Å². The van der Waals surface area contributed by atoms with Crippen molar-refractivity contribution in [2.24, 2.45) is 0 Å². The second-order valence-electron chi connectivity index (χ2n) is 8.62. The smallest absolute Gasteiger partial charge is 0.407 e. The van der Waals surface area contributed by atoms with Gasteiger partial charge in [-0.25, -0.2) is 4.79 Å². The number of carboxylic acid groups (broad SMARTS) is 1. The summed E-state index contributed by atoms with van der Waals surface area (Å²) < 4.78 is 22.2. The molecule has 2 N–H and O–H groups in total. The number of carbonyl (C=O) groups is 1. The molecule has 3 aliphatic heterocycles. The number of para-hydroxylation sites is 1. The molecule has 142 valence electrons. The van der Waals surface area contributed by atoms with E-state index < -0.39 is 23.1 Å². The maximum Gasteiger partial charge on any atom is 0.407 e. The first kappa shape index (κ1) is 17.9. The van der Waals surface area contributed by atoms with Crippen LogP contribution in [-0.4, -0.2) is 43.1 Å². The van der Waals surface area contributed by atoms with Crippen LogP contribution in [0, 0.1) is 0 Å². The van der Waals surface area contributed by atoms with E-state index >= 15 is 0 Å². The third kappa shape index (κ3) is 2.77. The van der Waals surface area contributed by atoms with E-state index in [1.807, 2.05) is 45.0 Å². The first-order valence-electron chi connectivity index (χ1n) is 9.18. The third-order valence-corrected chi connectivity index (χ3v) is 7.42. The number of rotatable bonds is 2. The van der Waals surface area contributed by atoms with Crippen molar-refractivity contribution in [2.45, 2.75) is 74.9 Å². The zero-order valence-electron chi connectivity index (χ0n) is 15.4. The van der Waals surface area contributed by atoms with Gasteiger partial charge in [0.1, 0.15) is 22.1 Å². The van der Waals surface area contributed by atoms with E-state index in [0.29, 0.717) is 12.8 Å². The summed E-state index contributed by atoms with van der Waals surface area (Å²) in [5, 5.41) is 9.56. The van der Waals surface area contributed by atoms with Crippen LogP contribution in [0.5, 0.6) is 5.75 Å². The first-order chi connectivity index (χ1) is 12.2. The summed E-state index contributed by atoms with van der Waals surface area (Å²) in [6.07, 6.45) is 2.15. The number of benzene rings is 1. The van der Waals surface area contributed by atoms with Crippen LogP contribution in [0.15, 0.2) is 24.3 Å². The summed E-state index contributed by atoms with van der Waals surface area (Å²) in [5.74, 6) is 0.819. The molecule has 1 aromatic carbocycles. The normalized spacial score (nSPS) is 33.8. The Morgan fingerprint density at radius 1 is 1.31 bits per heavy atom. The van der Waals surface area contributed by atoms with Gasteiger partial charge in [-0.05, 0) is 39.7 Å². The van der Waals surface area contributed by atoms with Crippen LogP contribution in [0.3, 0.4) is 0 Å². The zero-order valence-corrected chi connectivity index (χ0v) is 16.2. The Bertz CT molecular complexity index is 706. The van der Waals surface area contributed by atoms with Crippen molar-refractivity contribution in [3.05, 3.63) is 29.8 Å². The van der Waals surface area contributed by atoms with Crippen LogP contribution in [0.25, 0.3) is 0 Å². The zero-order chi connectivity index (χ0) is 18.7. The molecule has 5 atom stereocenters. The molecule has 1 unspecified atom stereocenters. The SMILES string of the molecule is CC(C)(C)[S+]([O-])N[C@@H]1c2ccccc2O[C@]12C[C@H]1CC[C@@H](C2)N1C(=O)O. The van der Waals surface area contributed by atoms with Crippen LogP contribution in [0.2, 0.25) is 0 Å². The molecule has 1 amide bonds. The van der Waals surface area contributed by atoms with Gasteiger partial charge in [0.2, 0.25) is 0 Å². The summed E-state index contributed by atoms with van der Waals surface area (Å²) in [7, 11) is 0. The largest absolute Gasteiger partial charge is 0.598 e. The second kappa shape index (κ2) is 6.04. The number of nitrogens with zero attached hydrogens (tertiary/aromatic N) is 1. The van der Waals surface area contributed by atoms with Crippen LogP contribution in [0.4, 0.5) is 4.79 Å². The molecule has 1 aromatic rings. The molecular weight excluding hydrogens is 352 g/mol. The molecule has 7 heteroatoms. The first-order valence-corrected chi connectivity index (χ1v) is 10.3. The molecule has 0 aliphatic carbocycles. The Labute approximate surface area is 157 Å². The van der Waals surface area contributed by atoms with Crippen LogP contribution in [-0.2, 0) is 11.4 Å². The molecule has 0 radical (unpaired) electrons. The number of ether oxygens (including phenoxy) is 1. The number of amides is 1. The van der Waals surface area contributed by atoms with Gasteiger partial charge >= 0.3 is 6.09 Å². The molecular formula is C19H26N2O4S. The molecule has 2 bridgehead atoms. The van der Waals surface area contributed by atoms with Crippen molar-refractivity contribution < 1.29 is 19.2 Å². The highest BCUT2D eigenvalue weighted by atomic mass is 32.2. The molecule has 1 spiro atoms. The number of hydrogen-bond donors (Lipinski definition) is 2. The molecule has 3 heterocycles. The van der Waals surface area contributed by atoms with Crippen molar-refractivity contribution in [1.82, 2.24) is 9.62 Å². The van der Waals surface area contributed by atoms with E-state index in [4.69, 9.17) is 4.74 Å². The predicted octanol–water partition coefficient (Wildman–Crippen LogP) is 3.22. The van der Waals surface area contributed by atoms with Crippen molar-refractivity contribution >= 4 is 17.5 Å². The summed E-state index contributed by atoms with van der Waals surface area (Å²) in [6.45, 7) is 5.84. The topological polar surface area (TPSA) is 84.9 Å². The highest BCUT2D eigenvalue weighted by molar-refractivity contribution is 7.90. The average molecular weight is 378 g/mol. The van der Waals surface area contributed by atoms with Crippen LogP contribution >= 0.6 is 0 Å². The lowest BCUT2D eigenvalue weighted by Crippen LogP contribution is -2.59. The van der Waals surface area contributed by atoms with E-state index in [0.717, 1.165) is 24.2 Å². The summed E-state index contributed by atoms with van der Waals surface area (Å²) in [4.78, 5) is 13.3. The maximum atomic E-state index is 12.8. The van der Waals surface area contributed by atoms with Gasteiger partial charge in [0.15, 0.2) is 0 Å². The Hall–Kier alpha value is -1.44. The quantitative estimate of drug-likeness (QED) is 0.772. The fourth-order valence-electron chi connectivity index (χ4n) is 4.70. The van der Waals surface area contributed by atoms with Gasteiger partial charge in [-0.2, -0.15) is 0 Å². The lowest BCUT2D eigenvalue weighted by atomic mass is 9.79. The van der Waals surface area contributed by atoms with Gasteiger partial charge in [-0.15, -0.1) is 4.72 Å². The van der Waals surface area contributed by atoms with Crippen LogP contribution in [0.1, 0.15) is 58.1 Å². The predicted molar refractivity (Wildman–Crippen MR) is 99.5 cm³/mol. The molecule has 3 aliphatic rings. The summed E-state index contributed by atoms with van der Waals surface area (Å²) in [6, 6.07) is 7.61. The Balaban J connectivity index is 1.68. The Kier molecular flexibility index (Phi) is 4.17. The van der Waals surface area contributed by atoms with Gasteiger partial charge in [0.05, 0.1) is 0 Å². The summed E-state index contributed by atoms with van der Waals surface area (Å²) >= 11 is -1.24. The second-order valence-corrected chi connectivity index (χ2v) is 10.6. The van der Waals surface area contributed by atoms with Crippen LogP contribution < -0.4 is 9.46 Å². The van der Waals surface area contributed by atoms with E-state index in [2.05, 4.69) is 4.72 Å². The fraction of sp³-hybridized carbons (Fsp3) is 0.632. The molecule has 0 aromatic heterocycles. The average Bonchev–Trinajstić information content (AvgIpc) is 3.00. The van der Waals surface area contributed by atoms with Crippen molar-refractivity contribution in [2.75, 3.05) is 0 Å². The van der Waals surface area contributed by atoms with E-state index in [1.165, 1.54) is 0 Å². The van der Waals surface area contributed by atoms with E-state index in [1.54, 1.807) is 4.90 Å².